The number of aryl methyl sites for hydroxylation is 1. The lowest BCUT2D eigenvalue weighted by atomic mass is 9.78. The summed E-state index contributed by atoms with van der Waals surface area (Å²) in [4.78, 5) is 5.90. The van der Waals surface area contributed by atoms with Crippen LogP contribution in [0.1, 0.15) is 60.9 Å². The highest BCUT2D eigenvalue weighted by Crippen LogP contribution is 2.43. The lowest BCUT2D eigenvalue weighted by Gasteiger charge is -2.29. The fourth-order valence-corrected chi connectivity index (χ4v) is 6.26. The quantitative estimate of drug-likeness (QED) is 0.334. The van der Waals surface area contributed by atoms with E-state index in [1.165, 1.54) is 52.4 Å². The van der Waals surface area contributed by atoms with Crippen molar-refractivity contribution in [3.63, 3.8) is 0 Å². The molecule has 2 aliphatic rings. The number of benzene rings is 2. The number of hydrogen-bond donors (Lipinski definition) is 1. The number of hydrogen-bond acceptors (Lipinski definition) is 4. The Morgan fingerprint density at radius 2 is 1.85 bits per heavy atom. The topological polar surface area (TPSA) is 42.7 Å². The molecule has 0 radical (unpaired) electrons. The summed E-state index contributed by atoms with van der Waals surface area (Å²) in [5.74, 6) is 1.54. The Kier molecular flexibility index (Phi) is 5.41. The van der Waals surface area contributed by atoms with E-state index in [1.54, 1.807) is 11.7 Å². The van der Waals surface area contributed by atoms with Crippen LogP contribution in [0.25, 0.3) is 21.3 Å². The zero-order valence-corrected chi connectivity index (χ0v) is 19.7. The molecule has 33 heavy (non-hydrogen) atoms. The van der Waals surface area contributed by atoms with Gasteiger partial charge in [-0.3, -0.25) is 4.68 Å². The standard InChI is InChI=1S/C27H29FN4S/c1-32-24-12-11-20(14-23(24)26(28)31-32)18-7-5-17(6-8-18)15-29-22-4-2-3-21(13-22)25-16-30-27(33-25)19-9-10-19/h2-4,11-14,16-19,29H,5-10,15H2,1H3. The zero-order chi connectivity index (χ0) is 22.4. The zero-order valence-electron chi connectivity index (χ0n) is 18.9. The number of aromatic nitrogens is 3. The molecule has 0 aliphatic heterocycles. The molecule has 0 atom stereocenters. The van der Waals surface area contributed by atoms with Gasteiger partial charge in [0.1, 0.15) is 0 Å². The van der Waals surface area contributed by atoms with Crippen molar-refractivity contribution in [1.82, 2.24) is 14.8 Å². The number of thiazole rings is 1. The monoisotopic (exact) mass is 460 g/mol. The van der Waals surface area contributed by atoms with Crippen LogP contribution in [0.15, 0.2) is 48.7 Å². The van der Waals surface area contributed by atoms with Crippen molar-refractivity contribution >= 4 is 27.9 Å². The van der Waals surface area contributed by atoms with Gasteiger partial charge in [-0.05, 0) is 85.8 Å². The van der Waals surface area contributed by atoms with E-state index >= 15 is 0 Å². The van der Waals surface area contributed by atoms with E-state index in [9.17, 15) is 4.39 Å². The first-order chi connectivity index (χ1) is 16.1. The molecule has 0 unspecified atom stereocenters. The molecule has 6 rings (SSSR count). The van der Waals surface area contributed by atoms with Crippen LogP contribution < -0.4 is 5.32 Å². The first-order valence-electron chi connectivity index (χ1n) is 12.1. The largest absolute Gasteiger partial charge is 0.385 e. The van der Waals surface area contributed by atoms with Gasteiger partial charge in [0.25, 0.3) is 0 Å². The van der Waals surface area contributed by atoms with Crippen molar-refractivity contribution in [2.45, 2.75) is 50.4 Å². The van der Waals surface area contributed by atoms with Gasteiger partial charge < -0.3 is 5.32 Å². The van der Waals surface area contributed by atoms with Gasteiger partial charge in [0, 0.05) is 31.4 Å². The minimum atomic E-state index is -0.364. The van der Waals surface area contributed by atoms with Crippen LogP contribution in [0.3, 0.4) is 0 Å². The predicted molar refractivity (Wildman–Crippen MR) is 133 cm³/mol. The highest BCUT2D eigenvalue weighted by atomic mass is 32.1. The molecule has 0 spiro atoms. The van der Waals surface area contributed by atoms with E-state index in [2.05, 4.69) is 45.7 Å². The minimum absolute atomic E-state index is 0.364. The van der Waals surface area contributed by atoms with E-state index in [1.807, 2.05) is 29.7 Å². The van der Waals surface area contributed by atoms with Crippen LogP contribution >= 0.6 is 11.3 Å². The molecule has 6 heteroatoms. The van der Waals surface area contributed by atoms with Crippen molar-refractivity contribution in [3.05, 3.63) is 65.2 Å². The Morgan fingerprint density at radius 3 is 2.67 bits per heavy atom. The van der Waals surface area contributed by atoms with Gasteiger partial charge in [0.05, 0.1) is 20.8 Å². The molecule has 0 bridgehead atoms. The number of fused-ring (bicyclic) bond motifs is 1. The second-order valence-corrected chi connectivity index (χ2v) is 10.8. The van der Waals surface area contributed by atoms with Gasteiger partial charge in [-0.25, -0.2) is 4.98 Å². The summed E-state index contributed by atoms with van der Waals surface area (Å²) in [6.07, 6.45) is 9.34. The molecular weight excluding hydrogens is 431 g/mol. The molecule has 2 aromatic heterocycles. The molecule has 2 heterocycles. The third kappa shape index (κ3) is 4.29. The number of nitrogens with zero attached hydrogens (tertiary/aromatic N) is 3. The summed E-state index contributed by atoms with van der Waals surface area (Å²) in [6, 6.07) is 14.9. The van der Waals surface area contributed by atoms with Crippen LogP contribution in [-0.2, 0) is 7.05 Å². The molecule has 170 valence electrons. The molecule has 0 amide bonds. The highest BCUT2D eigenvalue weighted by Gasteiger charge is 2.27. The van der Waals surface area contributed by atoms with E-state index in [-0.39, 0.29) is 5.95 Å². The van der Waals surface area contributed by atoms with Crippen LogP contribution in [0.4, 0.5) is 10.1 Å². The van der Waals surface area contributed by atoms with Crippen molar-refractivity contribution < 1.29 is 4.39 Å². The Balaban J connectivity index is 1.06. The molecule has 4 nitrogen and oxygen atoms in total. The molecular formula is C27H29FN4S. The predicted octanol–water partition coefficient (Wildman–Crippen LogP) is 7.10. The fourth-order valence-electron chi connectivity index (χ4n) is 5.18. The van der Waals surface area contributed by atoms with Crippen molar-refractivity contribution in [2.75, 3.05) is 11.9 Å². The Labute approximate surface area is 197 Å². The van der Waals surface area contributed by atoms with Crippen LogP contribution in [0.2, 0.25) is 0 Å². The maximum atomic E-state index is 14.1. The summed E-state index contributed by atoms with van der Waals surface area (Å²) >= 11 is 1.84. The van der Waals surface area contributed by atoms with E-state index in [0.29, 0.717) is 23.1 Å². The normalized spacial score (nSPS) is 20.9. The number of anilines is 1. The van der Waals surface area contributed by atoms with Crippen LogP contribution in [0, 0.1) is 11.9 Å². The van der Waals surface area contributed by atoms with E-state index < -0.39 is 0 Å². The van der Waals surface area contributed by atoms with Gasteiger partial charge in [-0.15, -0.1) is 16.4 Å². The third-order valence-electron chi connectivity index (χ3n) is 7.34. The second kappa shape index (κ2) is 8.56. The molecule has 2 saturated carbocycles. The Morgan fingerprint density at radius 1 is 1.03 bits per heavy atom. The third-order valence-corrected chi connectivity index (χ3v) is 8.55. The van der Waals surface area contributed by atoms with Gasteiger partial charge in [-0.1, -0.05) is 18.2 Å². The van der Waals surface area contributed by atoms with Gasteiger partial charge in [0.2, 0.25) is 5.95 Å². The first-order valence-corrected chi connectivity index (χ1v) is 12.9. The average molecular weight is 461 g/mol. The highest BCUT2D eigenvalue weighted by molar-refractivity contribution is 7.15. The summed E-state index contributed by atoms with van der Waals surface area (Å²) in [5.41, 5.74) is 4.56. The first kappa shape index (κ1) is 20.8. The summed E-state index contributed by atoms with van der Waals surface area (Å²) in [7, 11) is 1.79. The molecule has 2 aromatic carbocycles. The van der Waals surface area contributed by atoms with E-state index in [0.717, 1.165) is 24.9 Å². The average Bonchev–Trinajstić information content (AvgIpc) is 3.51. The Bertz CT molecular complexity index is 1280. The number of halogens is 1. The van der Waals surface area contributed by atoms with Crippen molar-refractivity contribution in [1.29, 1.82) is 0 Å². The van der Waals surface area contributed by atoms with Crippen LogP contribution in [0.5, 0.6) is 0 Å². The SMILES string of the molecule is Cn1nc(F)c2cc(C3CCC(CNc4cccc(-c5cnc(C6CC6)s5)c4)CC3)ccc21. The second-order valence-electron chi connectivity index (χ2n) is 9.71. The van der Waals surface area contributed by atoms with Crippen molar-refractivity contribution in [2.24, 2.45) is 13.0 Å². The van der Waals surface area contributed by atoms with Crippen molar-refractivity contribution in [3.8, 4) is 10.4 Å². The number of rotatable bonds is 6. The lowest BCUT2D eigenvalue weighted by Crippen LogP contribution is -2.20. The molecule has 1 N–H and O–H groups in total. The molecule has 2 aliphatic carbocycles. The maximum absolute atomic E-state index is 14.1. The molecule has 4 aromatic rings. The summed E-state index contributed by atoms with van der Waals surface area (Å²) in [5, 5.41) is 9.54. The minimum Gasteiger partial charge on any atom is -0.385 e. The Hall–Kier alpha value is -2.73. The molecule has 2 fully saturated rings. The van der Waals surface area contributed by atoms with Crippen LogP contribution in [-0.4, -0.2) is 21.3 Å². The smallest absolute Gasteiger partial charge is 0.240 e. The van der Waals surface area contributed by atoms with Gasteiger partial charge >= 0.3 is 0 Å². The lowest BCUT2D eigenvalue weighted by molar-refractivity contribution is 0.338. The van der Waals surface area contributed by atoms with Gasteiger partial charge in [-0.2, -0.15) is 4.39 Å². The molecule has 0 saturated heterocycles. The fraction of sp³-hybridized carbons (Fsp3) is 0.407. The summed E-state index contributed by atoms with van der Waals surface area (Å²) in [6.45, 7) is 1.00. The maximum Gasteiger partial charge on any atom is 0.240 e. The van der Waals surface area contributed by atoms with Gasteiger partial charge in [0.15, 0.2) is 0 Å². The summed E-state index contributed by atoms with van der Waals surface area (Å²) < 4.78 is 15.7. The number of nitrogens with one attached hydrogen (secondary N) is 1. The van der Waals surface area contributed by atoms with E-state index in [4.69, 9.17) is 0 Å².